The Bertz CT molecular complexity index is 418. The van der Waals surface area contributed by atoms with Crippen molar-refractivity contribution in [1.29, 1.82) is 0 Å². The third-order valence-corrected chi connectivity index (χ3v) is 3.92. The highest BCUT2D eigenvalue weighted by atomic mass is 15.2. The van der Waals surface area contributed by atoms with Crippen molar-refractivity contribution in [3.63, 3.8) is 0 Å². The van der Waals surface area contributed by atoms with E-state index in [1.54, 1.807) is 0 Å². The average molecular weight is 246 g/mol. The van der Waals surface area contributed by atoms with Gasteiger partial charge in [0.25, 0.3) is 0 Å². The first-order valence-corrected chi connectivity index (χ1v) is 6.98. The van der Waals surface area contributed by atoms with Gasteiger partial charge in [-0.2, -0.15) is 0 Å². The van der Waals surface area contributed by atoms with Crippen molar-refractivity contribution < 1.29 is 0 Å². The molecule has 1 atom stereocenters. The molecular formula is C16H26N2. The summed E-state index contributed by atoms with van der Waals surface area (Å²) in [6.07, 6.45) is 1.23. The Morgan fingerprint density at radius 2 is 2.06 bits per heavy atom. The van der Waals surface area contributed by atoms with Crippen molar-refractivity contribution in [3.05, 3.63) is 29.3 Å². The fourth-order valence-corrected chi connectivity index (χ4v) is 2.78. The van der Waals surface area contributed by atoms with Gasteiger partial charge in [0, 0.05) is 18.8 Å². The van der Waals surface area contributed by atoms with E-state index in [1.165, 1.54) is 23.2 Å². The molecule has 1 aliphatic rings. The van der Waals surface area contributed by atoms with Gasteiger partial charge in [-0.15, -0.1) is 0 Å². The van der Waals surface area contributed by atoms with E-state index < -0.39 is 0 Å². The van der Waals surface area contributed by atoms with Gasteiger partial charge in [-0.05, 0) is 48.4 Å². The first-order chi connectivity index (χ1) is 8.41. The molecule has 100 valence electrons. The van der Waals surface area contributed by atoms with Crippen molar-refractivity contribution in [2.45, 2.75) is 39.5 Å². The van der Waals surface area contributed by atoms with E-state index >= 15 is 0 Å². The molecule has 0 radical (unpaired) electrons. The van der Waals surface area contributed by atoms with Crippen LogP contribution in [-0.4, -0.2) is 19.6 Å². The molecule has 1 aliphatic heterocycles. The van der Waals surface area contributed by atoms with E-state index in [0.717, 1.165) is 19.6 Å². The average Bonchev–Trinajstić information content (AvgIpc) is 2.75. The summed E-state index contributed by atoms with van der Waals surface area (Å²) < 4.78 is 0. The van der Waals surface area contributed by atoms with Gasteiger partial charge in [-0.25, -0.2) is 0 Å². The largest absolute Gasteiger partial charge is 0.371 e. The lowest BCUT2D eigenvalue weighted by Crippen LogP contribution is -2.26. The maximum Gasteiger partial charge on any atom is 0.0406 e. The molecule has 1 heterocycles. The monoisotopic (exact) mass is 246 g/mol. The summed E-state index contributed by atoms with van der Waals surface area (Å²) >= 11 is 0. The summed E-state index contributed by atoms with van der Waals surface area (Å²) in [5, 5.41) is 0. The van der Waals surface area contributed by atoms with Gasteiger partial charge in [0.2, 0.25) is 0 Å². The molecule has 1 aromatic rings. The number of hydrogen-bond acceptors (Lipinski definition) is 2. The Kier molecular flexibility index (Phi) is 3.67. The number of rotatable bonds is 2. The lowest BCUT2D eigenvalue weighted by atomic mass is 9.85. The van der Waals surface area contributed by atoms with Gasteiger partial charge in [0.15, 0.2) is 0 Å². The third kappa shape index (κ3) is 2.69. The van der Waals surface area contributed by atoms with Gasteiger partial charge in [0.05, 0.1) is 0 Å². The quantitative estimate of drug-likeness (QED) is 0.869. The van der Waals surface area contributed by atoms with Crippen LogP contribution in [0.4, 0.5) is 5.69 Å². The molecule has 0 aromatic heterocycles. The molecule has 0 amide bonds. The fourth-order valence-electron chi connectivity index (χ4n) is 2.78. The second-order valence-corrected chi connectivity index (χ2v) is 6.61. The molecule has 0 saturated carbocycles. The van der Waals surface area contributed by atoms with E-state index in [1.807, 2.05) is 0 Å². The van der Waals surface area contributed by atoms with Crippen molar-refractivity contribution in [2.24, 2.45) is 11.7 Å². The summed E-state index contributed by atoms with van der Waals surface area (Å²) in [5.74, 6) is 0.665. The van der Waals surface area contributed by atoms with Crippen LogP contribution < -0.4 is 10.6 Å². The highest BCUT2D eigenvalue weighted by Gasteiger charge is 2.26. The first kappa shape index (κ1) is 13.4. The molecule has 0 aliphatic carbocycles. The maximum atomic E-state index is 5.80. The summed E-state index contributed by atoms with van der Waals surface area (Å²) in [5.41, 5.74) is 10.2. The standard InChI is InChI=1S/C16H26N2/c1-12-5-6-14(16(2,3)4)15(9-12)18-8-7-13(10-17)11-18/h5-6,9,13H,7-8,10-11,17H2,1-4H3. The number of nitrogens with two attached hydrogens (primary N) is 1. The predicted octanol–water partition coefficient (Wildman–Crippen LogP) is 3.08. The van der Waals surface area contributed by atoms with Crippen LogP contribution in [0.25, 0.3) is 0 Å². The Morgan fingerprint density at radius 3 is 2.61 bits per heavy atom. The second kappa shape index (κ2) is 4.93. The minimum Gasteiger partial charge on any atom is -0.371 e. The Balaban J connectivity index is 2.34. The smallest absolute Gasteiger partial charge is 0.0406 e. The lowest BCUT2D eigenvalue weighted by molar-refractivity contribution is 0.585. The van der Waals surface area contributed by atoms with E-state index in [0.29, 0.717) is 5.92 Å². The number of anilines is 1. The molecule has 2 heteroatoms. The van der Waals surface area contributed by atoms with E-state index in [9.17, 15) is 0 Å². The molecule has 1 unspecified atom stereocenters. The number of benzene rings is 1. The zero-order valence-electron chi connectivity index (χ0n) is 12.2. The zero-order chi connectivity index (χ0) is 13.3. The number of hydrogen-bond donors (Lipinski definition) is 1. The van der Waals surface area contributed by atoms with E-state index in [-0.39, 0.29) is 5.41 Å². The minimum atomic E-state index is 0.198. The molecule has 1 saturated heterocycles. The van der Waals surface area contributed by atoms with Gasteiger partial charge in [-0.3, -0.25) is 0 Å². The van der Waals surface area contributed by atoms with E-state index in [2.05, 4.69) is 50.8 Å². The molecular weight excluding hydrogens is 220 g/mol. The lowest BCUT2D eigenvalue weighted by Gasteiger charge is -2.29. The topological polar surface area (TPSA) is 29.3 Å². The third-order valence-electron chi connectivity index (χ3n) is 3.92. The van der Waals surface area contributed by atoms with Crippen molar-refractivity contribution in [1.82, 2.24) is 0 Å². The molecule has 2 nitrogen and oxygen atoms in total. The van der Waals surface area contributed by atoms with Crippen molar-refractivity contribution >= 4 is 5.69 Å². The zero-order valence-corrected chi connectivity index (χ0v) is 12.2. The maximum absolute atomic E-state index is 5.80. The summed E-state index contributed by atoms with van der Waals surface area (Å²) in [7, 11) is 0. The van der Waals surface area contributed by atoms with Crippen LogP contribution >= 0.6 is 0 Å². The molecule has 2 rings (SSSR count). The van der Waals surface area contributed by atoms with Crippen LogP contribution in [0.5, 0.6) is 0 Å². The van der Waals surface area contributed by atoms with E-state index in [4.69, 9.17) is 5.73 Å². The number of aryl methyl sites for hydroxylation is 1. The highest BCUT2D eigenvalue weighted by Crippen LogP contribution is 2.35. The number of nitrogens with zero attached hydrogens (tertiary/aromatic N) is 1. The Morgan fingerprint density at radius 1 is 1.33 bits per heavy atom. The molecule has 0 bridgehead atoms. The normalized spacial score (nSPS) is 20.5. The van der Waals surface area contributed by atoms with Gasteiger partial charge >= 0.3 is 0 Å². The van der Waals surface area contributed by atoms with Crippen molar-refractivity contribution in [2.75, 3.05) is 24.5 Å². The Hall–Kier alpha value is -1.02. The summed E-state index contributed by atoms with van der Waals surface area (Å²) in [6.45, 7) is 12.1. The van der Waals surface area contributed by atoms with Crippen LogP contribution in [0.2, 0.25) is 0 Å². The van der Waals surface area contributed by atoms with Crippen LogP contribution in [0.15, 0.2) is 18.2 Å². The van der Waals surface area contributed by atoms with Crippen LogP contribution in [-0.2, 0) is 5.41 Å². The van der Waals surface area contributed by atoms with Crippen LogP contribution in [0.3, 0.4) is 0 Å². The van der Waals surface area contributed by atoms with Gasteiger partial charge in [-0.1, -0.05) is 32.9 Å². The first-order valence-electron chi connectivity index (χ1n) is 6.98. The summed E-state index contributed by atoms with van der Waals surface area (Å²) in [6, 6.07) is 6.85. The molecule has 2 N–H and O–H groups in total. The summed E-state index contributed by atoms with van der Waals surface area (Å²) in [4.78, 5) is 2.52. The predicted molar refractivity (Wildman–Crippen MR) is 79.3 cm³/mol. The molecule has 1 fully saturated rings. The minimum absolute atomic E-state index is 0.198. The van der Waals surface area contributed by atoms with Crippen molar-refractivity contribution in [3.8, 4) is 0 Å². The second-order valence-electron chi connectivity index (χ2n) is 6.61. The van der Waals surface area contributed by atoms with Crippen LogP contribution in [0.1, 0.15) is 38.3 Å². The molecule has 0 spiro atoms. The van der Waals surface area contributed by atoms with Gasteiger partial charge in [0.1, 0.15) is 0 Å². The molecule has 18 heavy (non-hydrogen) atoms. The molecule has 1 aromatic carbocycles. The van der Waals surface area contributed by atoms with Gasteiger partial charge < -0.3 is 10.6 Å². The van der Waals surface area contributed by atoms with Crippen LogP contribution in [0, 0.1) is 12.8 Å². The fraction of sp³-hybridized carbons (Fsp3) is 0.625. The SMILES string of the molecule is Cc1ccc(C(C)(C)C)c(N2CCC(CN)C2)c1. The Labute approximate surface area is 111 Å². The highest BCUT2D eigenvalue weighted by molar-refractivity contribution is 5.58.